The molecule has 0 aliphatic rings. The van der Waals surface area contributed by atoms with E-state index in [2.05, 4.69) is 16.2 Å². The second kappa shape index (κ2) is 10.3. The third kappa shape index (κ3) is 6.29. The molecule has 0 aliphatic heterocycles. The Hall–Kier alpha value is -2.74. The molecule has 7 nitrogen and oxygen atoms in total. The van der Waals surface area contributed by atoms with Crippen molar-refractivity contribution in [1.29, 1.82) is 0 Å². The van der Waals surface area contributed by atoms with Crippen molar-refractivity contribution in [3.05, 3.63) is 60.1 Å². The van der Waals surface area contributed by atoms with Gasteiger partial charge < -0.3 is 9.73 Å². The molecule has 1 aromatic carbocycles. The van der Waals surface area contributed by atoms with Gasteiger partial charge in [0.1, 0.15) is 6.04 Å². The number of amides is 3. The van der Waals surface area contributed by atoms with Crippen molar-refractivity contribution < 1.29 is 18.8 Å². The number of hydrazine groups is 1. The lowest BCUT2D eigenvalue weighted by Gasteiger charge is -2.18. The van der Waals surface area contributed by atoms with Crippen LogP contribution in [0.3, 0.4) is 0 Å². The molecule has 3 N–H and O–H groups in total. The zero-order chi connectivity index (χ0) is 18.8. The summed E-state index contributed by atoms with van der Waals surface area (Å²) in [6.45, 7) is 0. The molecule has 0 saturated carbocycles. The van der Waals surface area contributed by atoms with Crippen LogP contribution in [0, 0.1) is 0 Å². The molecule has 0 radical (unpaired) electrons. The van der Waals surface area contributed by atoms with Crippen molar-refractivity contribution in [2.75, 3.05) is 12.0 Å². The van der Waals surface area contributed by atoms with Gasteiger partial charge in [-0.25, -0.2) is 0 Å². The highest BCUT2D eigenvalue weighted by Gasteiger charge is 2.22. The van der Waals surface area contributed by atoms with Gasteiger partial charge in [0.05, 0.1) is 12.7 Å². The summed E-state index contributed by atoms with van der Waals surface area (Å²) in [5.74, 6) is -0.507. The summed E-state index contributed by atoms with van der Waals surface area (Å²) in [5.41, 5.74) is 5.58. The predicted octanol–water partition coefficient (Wildman–Crippen LogP) is 1.52. The molecule has 1 heterocycles. The number of hydrogen-bond acceptors (Lipinski definition) is 5. The molecule has 8 heteroatoms. The van der Waals surface area contributed by atoms with Crippen LogP contribution >= 0.6 is 11.8 Å². The Morgan fingerprint density at radius 1 is 1.08 bits per heavy atom. The van der Waals surface area contributed by atoms with Gasteiger partial charge in [-0.15, -0.1) is 0 Å². The Kier molecular flexibility index (Phi) is 7.75. The Morgan fingerprint density at radius 2 is 1.85 bits per heavy atom. The zero-order valence-electron chi connectivity index (χ0n) is 14.4. The van der Waals surface area contributed by atoms with E-state index in [9.17, 15) is 14.4 Å². The van der Waals surface area contributed by atoms with Gasteiger partial charge in [0.2, 0.25) is 5.91 Å². The zero-order valence-corrected chi connectivity index (χ0v) is 15.2. The van der Waals surface area contributed by atoms with E-state index >= 15 is 0 Å². The van der Waals surface area contributed by atoms with E-state index in [-0.39, 0.29) is 18.1 Å². The molecule has 0 fully saturated rings. The molecule has 0 saturated heterocycles. The highest BCUT2D eigenvalue weighted by Crippen LogP contribution is 2.05. The standard InChI is InChI=1S/C18H21N3O4S/c1-26-11-9-14(19-18(24)15-8-5-10-25-15)17(23)21-20-16(22)12-13-6-3-2-4-7-13/h2-8,10,14H,9,11-12H2,1H3,(H,19,24)(H,20,22)(H,21,23). The normalized spacial score (nSPS) is 11.4. The topological polar surface area (TPSA) is 100 Å². The first-order chi connectivity index (χ1) is 12.6. The van der Waals surface area contributed by atoms with Crippen LogP contribution in [0.15, 0.2) is 53.1 Å². The van der Waals surface area contributed by atoms with Crippen LogP contribution in [0.4, 0.5) is 0 Å². The maximum Gasteiger partial charge on any atom is 0.287 e. The van der Waals surface area contributed by atoms with Crippen molar-refractivity contribution >= 4 is 29.5 Å². The lowest BCUT2D eigenvalue weighted by atomic mass is 10.1. The molecule has 2 aromatic rings. The van der Waals surface area contributed by atoms with Gasteiger partial charge in [-0.2, -0.15) is 11.8 Å². The first kappa shape index (κ1) is 19.6. The number of thioether (sulfide) groups is 1. The van der Waals surface area contributed by atoms with Gasteiger partial charge in [-0.1, -0.05) is 30.3 Å². The van der Waals surface area contributed by atoms with Crippen LogP contribution in [-0.2, 0) is 16.0 Å². The number of nitrogens with one attached hydrogen (secondary N) is 3. The Bertz CT molecular complexity index is 719. The molecule has 1 atom stereocenters. The van der Waals surface area contributed by atoms with Crippen LogP contribution in [0.5, 0.6) is 0 Å². The Morgan fingerprint density at radius 3 is 2.50 bits per heavy atom. The lowest BCUT2D eigenvalue weighted by molar-refractivity contribution is -0.129. The van der Waals surface area contributed by atoms with Gasteiger partial charge in [0.15, 0.2) is 5.76 Å². The summed E-state index contributed by atoms with van der Waals surface area (Å²) >= 11 is 1.56. The molecule has 1 aromatic heterocycles. The number of rotatable bonds is 8. The lowest BCUT2D eigenvalue weighted by Crippen LogP contribution is -2.52. The number of hydrogen-bond donors (Lipinski definition) is 3. The summed E-state index contributed by atoms with van der Waals surface area (Å²) in [6.07, 6.45) is 3.87. The van der Waals surface area contributed by atoms with Crippen molar-refractivity contribution in [3.8, 4) is 0 Å². The summed E-state index contributed by atoms with van der Waals surface area (Å²) in [5, 5.41) is 2.62. The van der Waals surface area contributed by atoms with Crippen LogP contribution in [0.1, 0.15) is 22.5 Å². The molecule has 2 rings (SSSR count). The minimum absolute atomic E-state index is 0.125. The maximum atomic E-state index is 12.3. The van der Waals surface area contributed by atoms with Crippen LogP contribution in [0.2, 0.25) is 0 Å². The summed E-state index contributed by atoms with van der Waals surface area (Å²) in [7, 11) is 0. The Balaban J connectivity index is 1.87. The molecule has 0 spiro atoms. The second-order valence-corrected chi connectivity index (χ2v) is 6.47. The van der Waals surface area contributed by atoms with Gasteiger partial charge in [0.25, 0.3) is 11.8 Å². The SMILES string of the molecule is CSCCC(NC(=O)c1ccco1)C(=O)NNC(=O)Cc1ccccc1. The third-order valence-corrected chi connectivity index (χ3v) is 4.15. The first-order valence-electron chi connectivity index (χ1n) is 8.06. The molecule has 1 unspecified atom stereocenters. The van der Waals surface area contributed by atoms with Crippen molar-refractivity contribution in [2.24, 2.45) is 0 Å². The van der Waals surface area contributed by atoms with Crippen molar-refractivity contribution in [1.82, 2.24) is 16.2 Å². The molecule has 0 aliphatic carbocycles. The van der Waals surface area contributed by atoms with E-state index in [1.807, 2.05) is 36.6 Å². The van der Waals surface area contributed by atoms with E-state index < -0.39 is 17.9 Å². The van der Waals surface area contributed by atoms with E-state index in [0.717, 1.165) is 5.56 Å². The number of carbonyl (C=O) groups is 3. The molecule has 0 bridgehead atoms. The summed E-state index contributed by atoms with van der Waals surface area (Å²) in [6, 6.07) is 11.5. The van der Waals surface area contributed by atoms with Gasteiger partial charge in [0, 0.05) is 0 Å². The van der Waals surface area contributed by atoms with Gasteiger partial charge in [-0.3, -0.25) is 25.2 Å². The van der Waals surface area contributed by atoms with Gasteiger partial charge in [-0.05, 0) is 36.1 Å². The average molecular weight is 375 g/mol. The minimum atomic E-state index is -0.780. The highest BCUT2D eigenvalue weighted by molar-refractivity contribution is 7.98. The molecule has 26 heavy (non-hydrogen) atoms. The fraction of sp³-hybridized carbons (Fsp3) is 0.278. The fourth-order valence-electron chi connectivity index (χ4n) is 2.19. The van der Waals surface area contributed by atoms with Crippen LogP contribution < -0.4 is 16.2 Å². The highest BCUT2D eigenvalue weighted by atomic mass is 32.2. The van der Waals surface area contributed by atoms with E-state index in [4.69, 9.17) is 4.42 Å². The largest absolute Gasteiger partial charge is 0.459 e. The van der Waals surface area contributed by atoms with E-state index in [1.54, 1.807) is 17.8 Å². The Labute approximate surface area is 155 Å². The smallest absolute Gasteiger partial charge is 0.287 e. The number of furan rings is 1. The minimum Gasteiger partial charge on any atom is -0.459 e. The van der Waals surface area contributed by atoms with E-state index in [0.29, 0.717) is 12.2 Å². The number of benzene rings is 1. The maximum absolute atomic E-state index is 12.3. The number of carbonyl (C=O) groups excluding carboxylic acids is 3. The van der Waals surface area contributed by atoms with Crippen LogP contribution in [0.25, 0.3) is 0 Å². The summed E-state index contributed by atoms with van der Waals surface area (Å²) < 4.78 is 5.03. The molecule has 138 valence electrons. The predicted molar refractivity (Wildman–Crippen MR) is 99.4 cm³/mol. The monoisotopic (exact) mass is 375 g/mol. The molecular formula is C18H21N3O4S. The second-order valence-electron chi connectivity index (χ2n) is 5.48. The molecule has 3 amide bonds. The van der Waals surface area contributed by atoms with Crippen molar-refractivity contribution in [3.63, 3.8) is 0 Å². The van der Waals surface area contributed by atoms with Gasteiger partial charge >= 0.3 is 0 Å². The third-order valence-electron chi connectivity index (χ3n) is 3.51. The molecular weight excluding hydrogens is 354 g/mol. The van der Waals surface area contributed by atoms with Crippen LogP contribution in [-0.4, -0.2) is 35.8 Å². The quantitative estimate of drug-likeness (QED) is 0.608. The van der Waals surface area contributed by atoms with Crippen molar-refractivity contribution in [2.45, 2.75) is 18.9 Å². The summed E-state index contributed by atoms with van der Waals surface area (Å²) in [4.78, 5) is 36.3. The average Bonchev–Trinajstić information content (AvgIpc) is 3.18. The fourth-order valence-corrected chi connectivity index (χ4v) is 2.66. The van der Waals surface area contributed by atoms with E-state index in [1.165, 1.54) is 12.3 Å². The first-order valence-corrected chi connectivity index (χ1v) is 9.45.